The van der Waals surface area contributed by atoms with Gasteiger partial charge in [0.05, 0.1) is 0 Å². The maximum atomic E-state index is 6.05. The summed E-state index contributed by atoms with van der Waals surface area (Å²) in [7, 11) is 0. The van der Waals surface area contributed by atoms with E-state index in [9.17, 15) is 0 Å². The largest absolute Gasteiger partial charge is 0.192 e. The summed E-state index contributed by atoms with van der Waals surface area (Å²) in [6.45, 7) is 2.22. The minimum absolute atomic E-state index is 0.0105. The average Bonchev–Trinajstić information content (AvgIpc) is 2.08. The van der Waals surface area contributed by atoms with Crippen molar-refractivity contribution in [2.45, 2.75) is 67.5 Å². The molecular weight excluding hydrogens is 274 g/mol. The van der Waals surface area contributed by atoms with Crippen molar-refractivity contribution >= 4 is 46.4 Å². The molecule has 4 heteroatoms. The van der Waals surface area contributed by atoms with Crippen LogP contribution in [0.3, 0.4) is 0 Å². The van der Waals surface area contributed by atoms with E-state index in [1.165, 1.54) is 32.1 Å². The summed E-state index contributed by atoms with van der Waals surface area (Å²) in [5.41, 5.74) is 0. The molecule has 0 saturated carbocycles. The Labute approximate surface area is 114 Å². The van der Waals surface area contributed by atoms with Gasteiger partial charge in [0.15, 0.2) is 3.79 Å². The van der Waals surface area contributed by atoms with E-state index in [1.807, 2.05) is 0 Å². The highest BCUT2D eigenvalue weighted by Crippen LogP contribution is 2.34. The highest BCUT2D eigenvalue weighted by Gasteiger charge is 2.23. The second kappa shape index (κ2) is 9.22. The molecule has 0 amide bonds. The second-order valence-corrected chi connectivity index (χ2v) is 7.11. The third kappa shape index (κ3) is 13.1. The fourth-order valence-corrected chi connectivity index (χ4v) is 2.68. The van der Waals surface area contributed by atoms with E-state index in [4.69, 9.17) is 46.4 Å². The Morgan fingerprint density at radius 3 is 2.00 bits per heavy atom. The fourth-order valence-electron chi connectivity index (χ4n) is 1.50. The summed E-state index contributed by atoms with van der Waals surface area (Å²) < 4.78 is -1.20. The van der Waals surface area contributed by atoms with E-state index in [0.717, 1.165) is 12.8 Å². The lowest BCUT2D eigenvalue weighted by molar-refractivity contribution is 0.570. The molecular formula is C11H20Cl4. The topological polar surface area (TPSA) is 0 Å². The van der Waals surface area contributed by atoms with Gasteiger partial charge in [-0.25, -0.2) is 0 Å². The van der Waals surface area contributed by atoms with Gasteiger partial charge >= 0.3 is 0 Å². The summed E-state index contributed by atoms with van der Waals surface area (Å²) in [6.07, 6.45) is 9.00. The number of hydrogen-bond acceptors (Lipinski definition) is 0. The third-order valence-electron chi connectivity index (χ3n) is 2.32. The second-order valence-electron chi connectivity index (χ2n) is 3.97. The van der Waals surface area contributed by atoms with Crippen molar-refractivity contribution in [2.75, 3.05) is 0 Å². The molecule has 0 unspecified atom stereocenters. The molecule has 0 spiro atoms. The van der Waals surface area contributed by atoms with Gasteiger partial charge in [0, 0.05) is 11.8 Å². The van der Waals surface area contributed by atoms with Crippen molar-refractivity contribution in [1.29, 1.82) is 0 Å². The van der Waals surface area contributed by atoms with Crippen LogP contribution in [0.5, 0.6) is 0 Å². The predicted octanol–water partition coefficient (Wildman–Crippen LogP) is 6.10. The quantitative estimate of drug-likeness (QED) is 0.374. The van der Waals surface area contributed by atoms with Crippen molar-refractivity contribution in [3.05, 3.63) is 0 Å². The minimum atomic E-state index is -1.20. The van der Waals surface area contributed by atoms with Gasteiger partial charge in [0.25, 0.3) is 0 Å². The van der Waals surface area contributed by atoms with Gasteiger partial charge in [-0.05, 0) is 6.42 Å². The normalized spacial score (nSPS) is 14.2. The molecule has 0 aromatic carbocycles. The number of unbranched alkanes of at least 4 members (excludes halogenated alkanes) is 5. The lowest BCUT2D eigenvalue weighted by Gasteiger charge is -2.15. The molecule has 0 N–H and O–H groups in total. The van der Waals surface area contributed by atoms with Crippen LogP contribution in [0, 0.1) is 0 Å². The molecule has 1 atom stereocenters. The first-order valence-corrected chi connectivity index (χ1v) is 7.23. The van der Waals surface area contributed by atoms with E-state index in [-0.39, 0.29) is 5.38 Å². The van der Waals surface area contributed by atoms with Gasteiger partial charge in [-0.3, -0.25) is 0 Å². The molecule has 0 aliphatic carbocycles. The fraction of sp³-hybridized carbons (Fsp3) is 1.00. The van der Waals surface area contributed by atoms with E-state index < -0.39 is 3.79 Å². The van der Waals surface area contributed by atoms with Crippen molar-refractivity contribution < 1.29 is 0 Å². The van der Waals surface area contributed by atoms with Crippen LogP contribution in [0.15, 0.2) is 0 Å². The monoisotopic (exact) mass is 292 g/mol. The molecule has 0 rings (SSSR count). The van der Waals surface area contributed by atoms with E-state index in [1.54, 1.807) is 0 Å². The molecule has 0 aliphatic heterocycles. The van der Waals surface area contributed by atoms with Crippen LogP contribution < -0.4 is 0 Å². The lowest BCUT2D eigenvalue weighted by Crippen LogP contribution is -2.11. The van der Waals surface area contributed by atoms with Crippen LogP contribution in [-0.4, -0.2) is 9.17 Å². The van der Waals surface area contributed by atoms with Crippen LogP contribution >= 0.6 is 46.4 Å². The first-order chi connectivity index (χ1) is 6.95. The van der Waals surface area contributed by atoms with E-state index >= 15 is 0 Å². The highest BCUT2D eigenvalue weighted by atomic mass is 35.6. The zero-order chi connectivity index (χ0) is 11.7. The first-order valence-electron chi connectivity index (χ1n) is 5.66. The van der Waals surface area contributed by atoms with Crippen molar-refractivity contribution in [3.8, 4) is 0 Å². The smallest absolute Gasteiger partial charge is 0.123 e. The molecule has 0 aromatic rings. The Hall–Kier alpha value is 1.16. The number of hydrogen-bond donors (Lipinski definition) is 0. The highest BCUT2D eigenvalue weighted by molar-refractivity contribution is 6.67. The Morgan fingerprint density at radius 2 is 1.47 bits per heavy atom. The molecule has 0 aromatic heterocycles. The van der Waals surface area contributed by atoms with Crippen LogP contribution in [0.4, 0.5) is 0 Å². The zero-order valence-corrected chi connectivity index (χ0v) is 12.3. The third-order valence-corrected chi connectivity index (χ3v) is 3.16. The molecule has 0 saturated heterocycles. The molecule has 0 nitrogen and oxygen atoms in total. The van der Waals surface area contributed by atoms with Crippen molar-refractivity contribution in [1.82, 2.24) is 0 Å². The van der Waals surface area contributed by atoms with Gasteiger partial charge in [-0.15, -0.1) is 11.6 Å². The van der Waals surface area contributed by atoms with Crippen molar-refractivity contribution in [2.24, 2.45) is 0 Å². The summed E-state index contributed by atoms with van der Waals surface area (Å²) in [5.74, 6) is 0. The molecule has 0 fully saturated rings. The summed E-state index contributed by atoms with van der Waals surface area (Å²) >= 11 is 23.0. The van der Waals surface area contributed by atoms with Crippen LogP contribution in [-0.2, 0) is 0 Å². The Bertz CT molecular complexity index is 142. The molecule has 15 heavy (non-hydrogen) atoms. The van der Waals surface area contributed by atoms with Crippen molar-refractivity contribution in [3.63, 3.8) is 0 Å². The minimum Gasteiger partial charge on any atom is -0.123 e. The molecule has 0 heterocycles. The van der Waals surface area contributed by atoms with E-state index in [2.05, 4.69) is 6.92 Å². The predicted molar refractivity (Wildman–Crippen MR) is 72.5 cm³/mol. The van der Waals surface area contributed by atoms with Crippen LogP contribution in [0.2, 0.25) is 0 Å². The molecule has 0 bridgehead atoms. The molecule has 0 radical (unpaired) electrons. The van der Waals surface area contributed by atoms with Crippen LogP contribution in [0.25, 0.3) is 0 Å². The summed E-state index contributed by atoms with van der Waals surface area (Å²) in [5, 5.41) is -0.0105. The number of rotatable bonds is 8. The number of alkyl halides is 4. The summed E-state index contributed by atoms with van der Waals surface area (Å²) in [6, 6.07) is 0. The zero-order valence-electron chi connectivity index (χ0n) is 9.25. The SMILES string of the molecule is CCCCCCCC[C@H](Cl)CC(Cl)(Cl)Cl. The lowest BCUT2D eigenvalue weighted by atomic mass is 10.1. The molecule has 0 aliphatic rings. The van der Waals surface area contributed by atoms with Gasteiger partial charge in [0.2, 0.25) is 0 Å². The standard InChI is InChI=1S/C11H20Cl4/c1-2-3-4-5-6-7-8-10(12)9-11(13,14)15/h10H,2-9H2,1H3/t10-/m0/s1. The Kier molecular flexibility index (Phi) is 9.93. The van der Waals surface area contributed by atoms with E-state index in [0.29, 0.717) is 6.42 Å². The number of halogens is 4. The van der Waals surface area contributed by atoms with Gasteiger partial charge < -0.3 is 0 Å². The van der Waals surface area contributed by atoms with Gasteiger partial charge in [-0.1, -0.05) is 80.3 Å². The van der Waals surface area contributed by atoms with Crippen LogP contribution in [0.1, 0.15) is 58.3 Å². The summed E-state index contributed by atoms with van der Waals surface area (Å²) in [4.78, 5) is 0. The molecule has 92 valence electrons. The Balaban J connectivity index is 3.28. The maximum Gasteiger partial charge on any atom is 0.192 e. The first kappa shape index (κ1) is 16.2. The van der Waals surface area contributed by atoms with Gasteiger partial charge in [0.1, 0.15) is 0 Å². The average molecular weight is 294 g/mol. The maximum absolute atomic E-state index is 6.05. The Morgan fingerprint density at radius 1 is 0.933 bits per heavy atom. The van der Waals surface area contributed by atoms with Gasteiger partial charge in [-0.2, -0.15) is 0 Å².